The van der Waals surface area contributed by atoms with Gasteiger partial charge in [0.15, 0.2) is 0 Å². The second-order valence-electron chi connectivity index (χ2n) is 9.58. The molecule has 0 aliphatic heterocycles. The quantitative estimate of drug-likeness (QED) is 0.217. The van der Waals surface area contributed by atoms with Crippen molar-refractivity contribution in [3.8, 4) is 39.5 Å². The van der Waals surface area contributed by atoms with Crippen molar-refractivity contribution in [1.29, 1.82) is 0 Å². The van der Waals surface area contributed by atoms with E-state index in [-0.39, 0.29) is 23.3 Å². The average molecular weight is 565 g/mol. The molecule has 0 aliphatic carbocycles. The SMILES string of the molecule is Cc1cc(C(F)(F)F)c(-c2cc(Cc3ccccc3O)cc(-c3cccc(-c4ccccn4)n3)c2)c(C(F)(F)F)c1. The maximum absolute atomic E-state index is 14.2. The molecular formula is C32H22F6N2O. The molecule has 0 saturated heterocycles. The van der Waals surface area contributed by atoms with Crippen molar-refractivity contribution < 1.29 is 31.4 Å². The molecule has 0 bridgehead atoms. The van der Waals surface area contributed by atoms with Gasteiger partial charge >= 0.3 is 12.4 Å². The van der Waals surface area contributed by atoms with Gasteiger partial charge in [-0.3, -0.25) is 4.98 Å². The number of benzene rings is 3. The Kier molecular flexibility index (Phi) is 7.29. The summed E-state index contributed by atoms with van der Waals surface area (Å²) in [4.78, 5) is 8.89. The van der Waals surface area contributed by atoms with Gasteiger partial charge < -0.3 is 5.11 Å². The van der Waals surface area contributed by atoms with E-state index in [1.54, 1.807) is 66.9 Å². The first-order chi connectivity index (χ1) is 19.4. The maximum Gasteiger partial charge on any atom is 0.417 e. The van der Waals surface area contributed by atoms with E-state index < -0.39 is 29.0 Å². The van der Waals surface area contributed by atoms with E-state index in [0.29, 0.717) is 33.8 Å². The highest BCUT2D eigenvalue weighted by Gasteiger charge is 2.41. The number of phenolic OH excluding ortho intramolecular Hbond substituents is 1. The lowest BCUT2D eigenvalue weighted by molar-refractivity contribution is -0.142. The molecule has 3 aromatic carbocycles. The second kappa shape index (κ2) is 10.7. The normalized spacial score (nSPS) is 12.0. The van der Waals surface area contributed by atoms with Gasteiger partial charge in [-0.1, -0.05) is 36.4 Å². The molecule has 0 fully saturated rings. The third-order valence-electron chi connectivity index (χ3n) is 6.53. The number of hydrogen-bond donors (Lipinski definition) is 1. The first-order valence-corrected chi connectivity index (χ1v) is 12.5. The lowest BCUT2D eigenvalue weighted by Gasteiger charge is -2.21. The topological polar surface area (TPSA) is 46.0 Å². The minimum Gasteiger partial charge on any atom is -0.508 e. The van der Waals surface area contributed by atoms with Crippen molar-refractivity contribution in [2.45, 2.75) is 25.7 Å². The van der Waals surface area contributed by atoms with Gasteiger partial charge in [0, 0.05) is 23.7 Å². The molecule has 9 heteroatoms. The number of para-hydroxylation sites is 1. The van der Waals surface area contributed by atoms with Crippen molar-refractivity contribution in [2.75, 3.05) is 0 Å². The standard InChI is InChI=1S/C32H22F6N2O/c1-19-13-24(31(33,34)35)30(25(14-19)32(36,37)38)23-17-20(15-21-7-2-3-11-29(21)41)16-22(18-23)26-9-6-10-28(40-26)27-8-4-5-12-39-27/h2-14,16-18,41H,15H2,1H3. The molecule has 5 rings (SSSR count). The highest BCUT2D eigenvalue weighted by molar-refractivity contribution is 5.79. The summed E-state index contributed by atoms with van der Waals surface area (Å²) in [5.41, 5.74) is -1.62. The van der Waals surface area contributed by atoms with Crippen LogP contribution in [0.2, 0.25) is 0 Å². The Labute approximate surface area is 231 Å². The van der Waals surface area contributed by atoms with Crippen molar-refractivity contribution in [1.82, 2.24) is 9.97 Å². The fraction of sp³-hybridized carbons (Fsp3) is 0.125. The first kappa shape index (κ1) is 27.9. The summed E-state index contributed by atoms with van der Waals surface area (Å²) in [6.07, 6.45) is -8.45. The van der Waals surface area contributed by atoms with Crippen LogP contribution in [0.15, 0.2) is 97.2 Å². The highest BCUT2D eigenvalue weighted by Crippen LogP contribution is 2.46. The number of phenols is 1. The van der Waals surface area contributed by atoms with Crippen molar-refractivity contribution >= 4 is 0 Å². The van der Waals surface area contributed by atoms with E-state index in [1.807, 2.05) is 0 Å². The average Bonchev–Trinajstić information content (AvgIpc) is 2.93. The van der Waals surface area contributed by atoms with E-state index in [4.69, 9.17) is 0 Å². The molecule has 0 spiro atoms. The van der Waals surface area contributed by atoms with Crippen LogP contribution in [-0.2, 0) is 18.8 Å². The van der Waals surface area contributed by atoms with Crippen LogP contribution in [0.1, 0.15) is 27.8 Å². The molecule has 0 aliphatic rings. The van der Waals surface area contributed by atoms with Crippen LogP contribution in [0.5, 0.6) is 5.75 Å². The maximum atomic E-state index is 14.2. The van der Waals surface area contributed by atoms with Crippen LogP contribution in [0.4, 0.5) is 26.3 Å². The molecule has 3 nitrogen and oxygen atoms in total. The largest absolute Gasteiger partial charge is 0.508 e. The van der Waals surface area contributed by atoms with Crippen molar-refractivity contribution in [3.05, 3.63) is 125 Å². The summed E-state index contributed by atoms with van der Waals surface area (Å²) in [7, 11) is 0. The van der Waals surface area contributed by atoms with Gasteiger partial charge in [-0.25, -0.2) is 4.98 Å². The van der Waals surface area contributed by atoms with Gasteiger partial charge in [0.25, 0.3) is 0 Å². The second-order valence-corrected chi connectivity index (χ2v) is 9.58. The minimum absolute atomic E-state index is 0.0444. The molecule has 0 atom stereocenters. The number of nitrogens with zero attached hydrogens (tertiary/aromatic N) is 2. The van der Waals surface area contributed by atoms with Crippen LogP contribution in [0, 0.1) is 6.92 Å². The molecule has 5 aromatic rings. The molecule has 208 valence electrons. The Balaban J connectivity index is 1.78. The van der Waals surface area contributed by atoms with Crippen LogP contribution in [0.3, 0.4) is 0 Å². The van der Waals surface area contributed by atoms with E-state index in [9.17, 15) is 31.4 Å². The Bertz CT molecular complexity index is 1680. The molecule has 41 heavy (non-hydrogen) atoms. The number of pyridine rings is 2. The zero-order valence-electron chi connectivity index (χ0n) is 21.6. The van der Waals surface area contributed by atoms with Crippen LogP contribution < -0.4 is 0 Å². The highest BCUT2D eigenvalue weighted by atomic mass is 19.4. The number of alkyl halides is 6. The van der Waals surface area contributed by atoms with Crippen molar-refractivity contribution in [2.24, 2.45) is 0 Å². The molecule has 2 heterocycles. The Morgan fingerprint density at radius 2 is 1.27 bits per heavy atom. The first-order valence-electron chi connectivity index (χ1n) is 12.5. The summed E-state index contributed by atoms with van der Waals surface area (Å²) in [6.45, 7) is 1.20. The minimum atomic E-state index is -5.05. The van der Waals surface area contributed by atoms with Crippen molar-refractivity contribution in [3.63, 3.8) is 0 Å². The van der Waals surface area contributed by atoms with Gasteiger partial charge in [-0.05, 0) is 83.8 Å². The Hall–Kier alpha value is -4.66. The molecular weight excluding hydrogens is 542 g/mol. The van der Waals surface area contributed by atoms with Crippen LogP contribution in [-0.4, -0.2) is 15.1 Å². The number of aryl methyl sites for hydroxylation is 1. The molecule has 0 radical (unpaired) electrons. The van der Waals surface area contributed by atoms with Crippen LogP contribution >= 0.6 is 0 Å². The fourth-order valence-electron chi connectivity index (χ4n) is 4.76. The Morgan fingerprint density at radius 1 is 0.659 bits per heavy atom. The summed E-state index contributed by atoms with van der Waals surface area (Å²) < 4.78 is 85.4. The monoisotopic (exact) mass is 564 g/mol. The zero-order chi connectivity index (χ0) is 29.4. The number of aromatic nitrogens is 2. The molecule has 1 N–H and O–H groups in total. The van der Waals surface area contributed by atoms with Gasteiger partial charge in [-0.2, -0.15) is 26.3 Å². The number of rotatable bonds is 5. The molecule has 0 amide bonds. The predicted octanol–water partition coefficient (Wildman–Crippen LogP) is 9.12. The van der Waals surface area contributed by atoms with E-state index in [1.165, 1.54) is 25.1 Å². The van der Waals surface area contributed by atoms with E-state index in [0.717, 1.165) is 12.1 Å². The van der Waals surface area contributed by atoms with Gasteiger partial charge in [0.1, 0.15) is 5.75 Å². The van der Waals surface area contributed by atoms with Gasteiger partial charge in [-0.15, -0.1) is 0 Å². The zero-order valence-corrected chi connectivity index (χ0v) is 21.6. The number of aromatic hydroxyl groups is 1. The molecule has 0 unspecified atom stereocenters. The molecule has 2 aromatic heterocycles. The third-order valence-corrected chi connectivity index (χ3v) is 6.53. The van der Waals surface area contributed by atoms with Gasteiger partial charge in [0.2, 0.25) is 0 Å². The van der Waals surface area contributed by atoms with E-state index >= 15 is 0 Å². The summed E-state index contributed by atoms with van der Waals surface area (Å²) >= 11 is 0. The Morgan fingerprint density at radius 3 is 1.90 bits per heavy atom. The van der Waals surface area contributed by atoms with Crippen LogP contribution in [0.25, 0.3) is 33.8 Å². The molecule has 0 saturated carbocycles. The predicted molar refractivity (Wildman–Crippen MR) is 144 cm³/mol. The third kappa shape index (κ3) is 6.09. The van der Waals surface area contributed by atoms with Gasteiger partial charge in [0.05, 0.1) is 28.2 Å². The number of halogens is 6. The smallest absolute Gasteiger partial charge is 0.417 e. The summed E-state index contributed by atoms with van der Waals surface area (Å²) in [6, 6.07) is 22.3. The lowest BCUT2D eigenvalue weighted by atomic mass is 9.88. The fourth-order valence-corrected chi connectivity index (χ4v) is 4.76. The number of hydrogen-bond acceptors (Lipinski definition) is 3. The summed E-state index contributed by atoms with van der Waals surface area (Å²) in [5, 5.41) is 10.3. The van der Waals surface area contributed by atoms with E-state index in [2.05, 4.69) is 9.97 Å². The lowest BCUT2D eigenvalue weighted by Crippen LogP contribution is -2.15. The summed E-state index contributed by atoms with van der Waals surface area (Å²) in [5.74, 6) is -0.0444.